The number of urea groups is 1. The van der Waals surface area contributed by atoms with E-state index in [4.69, 9.17) is 21.8 Å². The molecule has 0 aliphatic heterocycles. The van der Waals surface area contributed by atoms with Crippen molar-refractivity contribution in [2.75, 3.05) is 6.61 Å². The summed E-state index contributed by atoms with van der Waals surface area (Å²) in [6.07, 6.45) is -0.0380. The summed E-state index contributed by atoms with van der Waals surface area (Å²) in [6.45, 7) is -0.0527. The largest absolute Gasteiger partial charge is 0.480 e. The van der Waals surface area contributed by atoms with E-state index in [1.54, 1.807) is 24.3 Å². The third-order valence-corrected chi connectivity index (χ3v) is 2.64. The number of hydrogen-bond acceptors (Lipinski definition) is 3. The van der Waals surface area contributed by atoms with Crippen LogP contribution in [-0.4, -0.2) is 34.9 Å². The summed E-state index contributed by atoms with van der Waals surface area (Å²) in [5.41, 5.74) is 0.841. The molecule has 0 heterocycles. The standard InChI is InChI=1S/C12H15ClN2O4/c13-9-3-1-8(2-4-9)7-14-12(19)15-10(5-6-16)11(17)18/h1-4,10,16H,5-7H2,(H,17,18)(H2,14,15,19). The van der Waals surface area contributed by atoms with Gasteiger partial charge in [0.15, 0.2) is 0 Å². The van der Waals surface area contributed by atoms with Crippen LogP contribution in [0.15, 0.2) is 24.3 Å². The SMILES string of the molecule is O=C(NCc1ccc(Cl)cc1)NC(CCO)C(=O)O. The van der Waals surface area contributed by atoms with Gasteiger partial charge in [0.2, 0.25) is 0 Å². The van der Waals surface area contributed by atoms with Crippen molar-refractivity contribution in [1.82, 2.24) is 10.6 Å². The summed E-state index contributed by atoms with van der Waals surface area (Å²) in [5, 5.41) is 22.9. The molecule has 1 rings (SSSR count). The highest BCUT2D eigenvalue weighted by molar-refractivity contribution is 6.30. The van der Waals surface area contributed by atoms with E-state index < -0.39 is 18.0 Å². The van der Waals surface area contributed by atoms with E-state index in [9.17, 15) is 9.59 Å². The maximum atomic E-state index is 11.5. The normalized spacial score (nSPS) is 11.7. The van der Waals surface area contributed by atoms with Gasteiger partial charge in [-0.05, 0) is 17.7 Å². The first-order valence-corrected chi connectivity index (χ1v) is 6.03. The van der Waals surface area contributed by atoms with Crippen LogP contribution in [0.5, 0.6) is 0 Å². The molecular weight excluding hydrogens is 272 g/mol. The van der Waals surface area contributed by atoms with Gasteiger partial charge in [-0.3, -0.25) is 0 Å². The summed E-state index contributed by atoms with van der Waals surface area (Å²) >= 11 is 5.72. The summed E-state index contributed by atoms with van der Waals surface area (Å²) in [7, 11) is 0. The number of carbonyl (C=O) groups excluding carboxylic acids is 1. The van der Waals surface area contributed by atoms with Crippen LogP contribution in [0.3, 0.4) is 0 Å². The van der Waals surface area contributed by atoms with Crippen molar-refractivity contribution in [3.63, 3.8) is 0 Å². The molecule has 0 aliphatic carbocycles. The third kappa shape index (κ3) is 5.58. The van der Waals surface area contributed by atoms with Gasteiger partial charge in [0.1, 0.15) is 6.04 Å². The predicted octanol–water partition coefficient (Wildman–Crippen LogP) is 0.975. The van der Waals surface area contributed by atoms with E-state index in [2.05, 4.69) is 10.6 Å². The molecule has 1 aromatic carbocycles. The molecule has 1 atom stereocenters. The molecule has 104 valence electrons. The Morgan fingerprint density at radius 2 is 1.89 bits per heavy atom. The van der Waals surface area contributed by atoms with E-state index in [-0.39, 0.29) is 19.6 Å². The molecule has 0 aromatic heterocycles. The second-order valence-electron chi connectivity index (χ2n) is 3.86. The molecule has 0 spiro atoms. The van der Waals surface area contributed by atoms with Crippen LogP contribution in [0.2, 0.25) is 5.02 Å². The molecule has 2 amide bonds. The molecule has 0 saturated heterocycles. The van der Waals surface area contributed by atoms with Crippen LogP contribution in [-0.2, 0) is 11.3 Å². The highest BCUT2D eigenvalue weighted by Gasteiger charge is 2.18. The minimum atomic E-state index is -1.18. The summed E-state index contributed by atoms with van der Waals surface area (Å²) in [4.78, 5) is 22.2. The second-order valence-corrected chi connectivity index (χ2v) is 4.29. The molecule has 7 heteroatoms. The van der Waals surface area contributed by atoms with Gasteiger partial charge in [-0.1, -0.05) is 23.7 Å². The van der Waals surface area contributed by atoms with Crippen LogP contribution in [0.4, 0.5) is 4.79 Å². The van der Waals surface area contributed by atoms with Gasteiger partial charge in [0.05, 0.1) is 0 Å². The molecule has 0 bridgehead atoms. The number of benzene rings is 1. The van der Waals surface area contributed by atoms with Crippen LogP contribution in [0.1, 0.15) is 12.0 Å². The molecular formula is C12H15ClN2O4. The Balaban J connectivity index is 2.42. The average Bonchev–Trinajstić information content (AvgIpc) is 2.37. The molecule has 4 N–H and O–H groups in total. The molecule has 1 aromatic rings. The Morgan fingerprint density at radius 3 is 2.42 bits per heavy atom. The zero-order valence-electron chi connectivity index (χ0n) is 10.1. The van der Waals surface area contributed by atoms with Crippen molar-refractivity contribution < 1.29 is 19.8 Å². The first kappa shape index (κ1) is 15.3. The maximum Gasteiger partial charge on any atom is 0.326 e. The quantitative estimate of drug-likeness (QED) is 0.626. The lowest BCUT2D eigenvalue weighted by molar-refractivity contribution is -0.139. The number of aliphatic hydroxyl groups is 1. The Hall–Kier alpha value is -1.79. The Morgan fingerprint density at radius 1 is 1.26 bits per heavy atom. The molecule has 0 fully saturated rings. The van der Waals surface area contributed by atoms with Gasteiger partial charge in [-0.25, -0.2) is 9.59 Å². The van der Waals surface area contributed by atoms with E-state index in [0.29, 0.717) is 5.02 Å². The average molecular weight is 287 g/mol. The van der Waals surface area contributed by atoms with Crippen LogP contribution >= 0.6 is 11.6 Å². The van der Waals surface area contributed by atoms with Crippen LogP contribution in [0, 0.1) is 0 Å². The monoisotopic (exact) mass is 286 g/mol. The smallest absolute Gasteiger partial charge is 0.326 e. The van der Waals surface area contributed by atoms with Crippen molar-refractivity contribution in [3.05, 3.63) is 34.9 Å². The van der Waals surface area contributed by atoms with Crippen molar-refractivity contribution in [3.8, 4) is 0 Å². The number of halogens is 1. The van der Waals surface area contributed by atoms with E-state index in [1.165, 1.54) is 0 Å². The third-order valence-electron chi connectivity index (χ3n) is 2.39. The minimum absolute atomic E-state index is 0.0380. The summed E-state index contributed by atoms with van der Waals surface area (Å²) in [6, 6.07) is 5.20. The molecule has 19 heavy (non-hydrogen) atoms. The van der Waals surface area contributed by atoms with Crippen LogP contribution < -0.4 is 10.6 Å². The predicted molar refractivity (Wildman–Crippen MR) is 70.0 cm³/mol. The maximum absolute atomic E-state index is 11.5. The number of aliphatic hydroxyl groups excluding tert-OH is 1. The number of amides is 2. The lowest BCUT2D eigenvalue weighted by atomic mass is 10.2. The number of carbonyl (C=O) groups is 2. The fraction of sp³-hybridized carbons (Fsp3) is 0.333. The molecule has 0 aliphatic rings. The van der Waals surface area contributed by atoms with Crippen molar-refractivity contribution in [2.24, 2.45) is 0 Å². The second kappa shape index (κ2) is 7.60. The number of nitrogens with one attached hydrogen (secondary N) is 2. The molecule has 0 saturated carbocycles. The topological polar surface area (TPSA) is 98.7 Å². The van der Waals surface area contributed by atoms with Gasteiger partial charge in [-0.15, -0.1) is 0 Å². The number of rotatable bonds is 6. The highest BCUT2D eigenvalue weighted by Crippen LogP contribution is 2.08. The lowest BCUT2D eigenvalue weighted by Gasteiger charge is -2.14. The first-order valence-electron chi connectivity index (χ1n) is 5.65. The first-order chi connectivity index (χ1) is 9.02. The number of carboxylic acid groups (broad SMARTS) is 1. The number of aliphatic carboxylic acids is 1. The Labute approximate surface area is 115 Å². The number of hydrogen-bond donors (Lipinski definition) is 4. The highest BCUT2D eigenvalue weighted by atomic mass is 35.5. The lowest BCUT2D eigenvalue weighted by Crippen LogP contribution is -2.46. The van der Waals surface area contributed by atoms with Crippen LogP contribution in [0.25, 0.3) is 0 Å². The fourth-order valence-electron chi connectivity index (χ4n) is 1.38. The Kier molecular flexibility index (Phi) is 6.11. The fourth-order valence-corrected chi connectivity index (χ4v) is 1.51. The van der Waals surface area contributed by atoms with Gasteiger partial charge in [0, 0.05) is 24.6 Å². The summed E-state index contributed by atoms with van der Waals surface area (Å²) in [5.74, 6) is -1.18. The van der Waals surface area contributed by atoms with Crippen molar-refractivity contribution >= 4 is 23.6 Å². The zero-order chi connectivity index (χ0) is 14.3. The summed E-state index contributed by atoms with van der Waals surface area (Å²) < 4.78 is 0. The number of carboxylic acids is 1. The van der Waals surface area contributed by atoms with E-state index >= 15 is 0 Å². The van der Waals surface area contributed by atoms with Gasteiger partial charge < -0.3 is 20.8 Å². The van der Waals surface area contributed by atoms with E-state index in [0.717, 1.165) is 5.56 Å². The van der Waals surface area contributed by atoms with Gasteiger partial charge in [-0.2, -0.15) is 0 Å². The zero-order valence-corrected chi connectivity index (χ0v) is 10.9. The Bertz CT molecular complexity index is 436. The van der Waals surface area contributed by atoms with Gasteiger partial charge >= 0.3 is 12.0 Å². The van der Waals surface area contributed by atoms with Crippen molar-refractivity contribution in [1.29, 1.82) is 0 Å². The minimum Gasteiger partial charge on any atom is -0.480 e. The molecule has 0 radical (unpaired) electrons. The molecule has 1 unspecified atom stereocenters. The van der Waals surface area contributed by atoms with E-state index in [1.807, 2.05) is 0 Å². The van der Waals surface area contributed by atoms with Gasteiger partial charge in [0.25, 0.3) is 0 Å². The molecule has 6 nitrogen and oxygen atoms in total. The van der Waals surface area contributed by atoms with Crippen molar-refractivity contribution in [2.45, 2.75) is 19.0 Å².